The third kappa shape index (κ3) is 4.92. The number of ether oxygens (including phenoxy) is 2. The van der Waals surface area contributed by atoms with Crippen LogP contribution >= 0.6 is 0 Å². The van der Waals surface area contributed by atoms with Gasteiger partial charge in [-0.3, -0.25) is 9.59 Å². The second kappa shape index (κ2) is 9.30. The lowest BCUT2D eigenvalue weighted by Gasteiger charge is -2.14. The lowest BCUT2D eigenvalue weighted by atomic mass is 9.95. The summed E-state index contributed by atoms with van der Waals surface area (Å²) in [6.45, 7) is 0. The highest BCUT2D eigenvalue weighted by Crippen LogP contribution is 2.32. The Morgan fingerprint density at radius 1 is 0.656 bits per heavy atom. The zero-order chi connectivity index (χ0) is 23.4. The third-order valence-corrected chi connectivity index (χ3v) is 4.86. The topological polar surface area (TPSA) is 134 Å². The molecule has 0 fully saturated rings. The fourth-order valence-electron chi connectivity index (χ4n) is 3.40. The van der Waals surface area contributed by atoms with E-state index in [1.165, 1.54) is 44.6 Å². The van der Waals surface area contributed by atoms with Gasteiger partial charge in [0.25, 0.3) is 0 Å². The van der Waals surface area contributed by atoms with Crippen LogP contribution in [0.15, 0.2) is 48.5 Å². The maximum Gasteiger partial charge on any atom is 0.237 e. The molecule has 0 amide bonds. The Bertz CT molecular complexity index is 1140. The highest BCUT2D eigenvalue weighted by molar-refractivity contribution is 6.49. The molecule has 0 heterocycles. The number of carbonyl (C=O) groups is 2. The van der Waals surface area contributed by atoms with E-state index in [1.54, 1.807) is 0 Å². The van der Waals surface area contributed by atoms with Crippen molar-refractivity contribution in [2.45, 2.75) is 12.8 Å². The van der Waals surface area contributed by atoms with E-state index in [-0.39, 0.29) is 39.9 Å². The molecule has 0 unspecified atom stereocenters. The van der Waals surface area contributed by atoms with Gasteiger partial charge in [-0.05, 0) is 54.3 Å². The van der Waals surface area contributed by atoms with Gasteiger partial charge in [0.2, 0.25) is 11.6 Å². The summed E-state index contributed by atoms with van der Waals surface area (Å²) in [4.78, 5) is 25.7. The Kier molecular flexibility index (Phi) is 6.53. The van der Waals surface area contributed by atoms with E-state index < -0.39 is 11.6 Å². The van der Waals surface area contributed by atoms with Crippen LogP contribution in [0, 0.1) is 0 Å². The summed E-state index contributed by atoms with van der Waals surface area (Å²) in [5, 5.41) is 38.6. The Balaban J connectivity index is 1.96. The summed E-state index contributed by atoms with van der Waals surface area (Å²) >= 11 is 0. The van der Waals surface area contributed by atoms with Crippen LogP contribution < -0.4 is 9.47 Å². The summed E-state index contributed by atoms with van der Waals surface area (Å²) in [6, 6.07) is 10.5. The second-order valence-electron chi connectivity index (χ2n) is 7.12. The van der Waals surface area contributed by atoms with Crippen molar-refractivity contribution >= 4 is 11.6 Å². The smallest absolute Gasteiger partial charge is 0.237 e. The Morgan fingerprint density at radius 3 is 1.72 bits per heavy atom. The maximum atomic E-state index is 13.0. The molecule has 0 saturated carbocycles. The summed E-state index contributed by atoms with van der Waals surface area (Å²) in [5.41, 5.74) is 1.10. The zero-order valence-corrected chi connectivity index (χ0v) is 17.5. The van der Waals surface area contributed by atoms with Gasteiger partial charge in [-0.15, -0.1) is 0 Å². The molecule has 4 N–H and O–H groups in total. The molecule has 0 radical (unpaired) electrons. The monoisotopic (exact) mass is 438 g/mol. The number of carbonyl (C=O) groups excluding carboxylic acids is 2. The average molecular weight is 438 g/mol. The molecule has 8 heteroatoms. The first-order chi connectivity index (χ1) is 15.2. The van der Waals surface area contributed by atoms with Crippen LogP contribution in [0.3, 0.4) is 0 Å². The van der Waals surface area contributed by atoms with Crippen molar-refractivity contribution < 1.29 is 39.5 Å². The number of Topliss-reactive ketones (excluding diaryl/α,β-unsaturated/α-hetero) is 2. The van der Waals surface area contributed by atoms with E-state index in [0.717, 1.165) is 18.2 Å². The van der Waals surface area contributed by atoms with Gasteiger partial charge in [0, 0.05) is 23.8 Å². The molecule has 3 aromatic carbocycles. The molecule has 0 aliphatic carbocycles. The molecule has 8 nitrogen and oxygen atoms in total. The van der Waals surface area contributed by atoms with Crippen molar-refractivity contribution in [3.63, 3.8) is 0 Å². The van der Waals surface area contributed by atoms with Gasteiger partial charge in [0.05, 0.1) is 19.8 Å². The van der Waals surface area contributed by atoms with Crippen LogP contribution in [0.25, 0.3) is 0 Å². The highest BCUT2D eigenvalue weighted by atomic mass is 16.5. The number of benzene rings is 3. The van der Waals surface area contributed by atoms with Gasteiger partial charge in [0.1, 0.15) is 34.5 Å². The van der Waals surface area contributed by atoms with Crippen molar-refractivity contribution in [3.05, 3.63) is 70.8 Å². The number of phenolic OH excluding ortho intramolecular Hbond substituents is 4. The van der Waals surface area contributed by atoms with Gasteiger partial charge < -0.3 is 29.9 Å². The minimum absolute atomic E-state index is 0.00473. The van der Waals surface area contributed by atoms with Crippen molar-refractivity contribution in [3.8, 4) is 34.5 Å². The fraction of sp³-hybridized carbons (Fsp3) is 0.167. The Hall–Kier alpha value is -4.20. The zero-order valence-electron chi connectivity index (χ0n) is 17.5. The maximum absolute atomic E-state index is 13.0. The molecule has 0 aliphatic heterocycles. The van der Waals surface area contributed by atoms with Crippen LogP contribution in [0.4, 0.5) is 0 Å². The molecule has 3 rings (SSSR count). The summed E-state index contributed by atoms with van der Waals surface area (Å²) in [5.74, 6) is -2.09. The van der Waals surface area contributed by atoms with Gasteiger partial charge in [-0.25, -0.2) is 0 Å². The normalized spacial score (nSPS) is 10.6. The molecular weight excluding hydrogens is 416 g/mol. The van der Waals surface area contributed by atoms with Gasteiger partial charge in [-0.1, -0.05) is 0 Å². The van der Waals surface area contributed by atoms with Crippen LogP contribution in [0.1, 0.15) is 31.8 Å². The first-order valence-corrected chi connectivity index (χ1v) is 9.60. The molecular formula is C24H22O8. The molecule has 0 bridgehead atoms. The van der Waals surface area contributed by atoms with Crippen molar-refractivity contribution in [1.29, 1.82) is 0 Å². The molecule has 0 spiro atoms. The Labute approximate surface area is 183 Å². The van der Waals surface area contributed by atoms with Gasteiger partial charge >= 0.3 is 0 Å². The van der Waals surface area contributed by atoms with Crippen LogP contribution in [-0.4, -0.2) is 46.2 Å². The predicted molar refractivity (Wildman–Crippen MR) is 115 cm³/mol. The van der Waals surface area contributed by atoms with Crippen molar-refractivity contribution in [2.75, 3.05) is 14.2 Å². The number of hydrogen-bond acceptors (Lipinski definition) is 8. The minimum Gasteiger partial charge on any atom is -0.508 e. The van der Waals surface area contributed by atoms with Crippen LogP contribution in [0.5, 0.6) is 34.5 Å². The van der Waals surface area contributed by atoms with E-state index >= 15 is 0 Å². The van der Waals surface area contributed by atoms with Crippen molar-refractivity contribution in [1.82, 2.24) is 0 Å². The molecule has 0 aromatic heterocycles. The second-order valence-corrected chi connectivity index (χ2v) is 7.12. The summed E-state index contributed by atoms with van der Waals surface area (Å²) in [7, 11) is 2.81. The van der Waals surface area contributed by atoms with E-state index in [2.05, 4.69) is 0 Å². The third-order valence-electron chi connectivity index (χ3n) is 4.86. The predicted octanol–water partition coefficient (Wildman–Crippen LogP) is 3.38. The first-order valence-electron chi connectivity index (χ1n) is 9.60. The number of hydrogen-bond donors (Lipinski definition) is 4. The molecule has 0 saturated heterocycles. The molecule has 3 aromatic rings. The molecule has 0 aliphatic rings. The van der Waals surface area contributed by atoms with Gasteiger partial charge in [-0.2, -0.15) is 0 Å². The van der Waals surface area contributed by atoms with E-state index in [0.29, 0.717) is 29.7 Å². The lowest BCUT2D eigenvalue weighted by Crippen LogP contribution is -2.16. The first kappa shape index (κ1) is 22.5. The largest absolute Gasteiger partial charge is 0.508 e. The Morgan fingerprint density at radius 2 is 1.19 bits per heavy atom. The quantitative estimate of drug-likeness (QED) is 0.311. The van der Waals surface area contributed by atoms with E-state index in [9.17, 15) is 30.0 Å². The number of methoxy groups -OCH3 is 2. The SMILES string of the molecule is COc1cc(OC)c(C(=O)C(=O)c2cc(O)cc(O)c2)cc1CCc1cc(O)cc(O)c1. The molecule has 32 heavy (non-hydrogen) atoms. The minimum atomic E-state index is -0.927. The summed E-state index contributed by atoms with van der Waals surface area (Å²) < 4.78 is 10.7. The van der Waals surface area contributed by atoms with Gasteiger partial charge in [0.15, 0.2) is 0 Å². The van der Waals surface area contributed by atoms with E-state index in [1.807, 2.05) is 0 Å². The van der Waals surface area contributed by atoms with Crippen LogP contribution in [-0.2, 0) is 12.8 Å². The number of aromatic hydroxyl groups is 4. The standard InChI is InChI=1S/C24H22O8/c1-31-21-12-22(32-2)20(24(30)23(29)15-7-18(27)11-19(28)8-15)9-14(21)4-3-13-5-16(25)10-17(26)6-13/h5-12,25-28H,3-4H2,1-2H3. The highest BCUT2D eigenvalue weighted by Gasteiger charge is 2.25. The van der Waals surface area contributed by atoms with E-state index in [4.69, 9.17) is 9.47 Å². The fourth-order valence-corrected chi connectivity index (χ4v) is 3.40. The average Bonchev–Trinajstić information content (AvgIpc) is 2.74. The number of ketones is 2. The summed E-state index contributed by atoms with van der Waals surface area (Å²) in [6.07, 6.45) is 0.782. The van der Waals surface area contributed by atoms with Crippen molar-refractivity contribution in [2.24, 2.45) is 0 Å². The number of aryl methyl sites for hydroxylation is 2. The van der Waals surface area contributed by atoms with Crippen LogP contribution in [0.2, 0.25) is 0 Å². The number of rotatable bonds is 8. The number of phenols is 4. The lowest BCUT2D eigenvalue weighted by molar-refractivity contribution is 0.0814. The molecule has 0 atom stereocenters. The molecule has 166 valence electrons.